The Hall–Kier alpha value is -3.76. The molecule has 0 atom stereocenters. The molecule has 0 spiro atoms. The second kappa shape index (κ2) is 7.98. The Bertz CT molecular complexity index is 1350. The van der Waals surface area contributed by atoms with Gasteiger partial charge in [0, 0.05) is 13.0 Å². The lowest BCUT2D eigenvalue weighted by Gasteiger charge is -2.31. The van der Waals surface area contributed by atoms with Crippen molar-refractivity contribution >= 4 is 0 Å². The third-order valence-corrected chi connectivity index (χ3v) is 7.00. The van der Waals surface area contributed by atoms with Crippen LogP contribution in [0.5, 0.6) is 0 Å². The summed E-state index contributed by atoms with van der Waals surface area (Å²) in [5.74, 6) is 0.627. The fourth-order valence-corrected chi connectivity index (χ4v) is 5.20. The third-order valence-electron chi connectivity index (χ3n) is 7.00. The fraction of sp³-hybridized carbons (Fsp3) is 0.308. The highest BCUT2D eigenvalue weighted by molar-refractivity contribution is 5.58. The Morgan fingerprint density at radius 2 is 1.85 bits per heavy atom. The van der Waals surface area contributed by atoms with Crippen LogP contribution in [0.2, 0.25) is 0 Å². The van der Waals surface area contributed by atoms with Gasteiger partial charge in [-0.1, -0.05) is 41.6 Å². The van der Waals surface area contributed by atoms with Crippen molar-refractivity contribution in [1.29, 1.82) is 5.26 Å². The molecule has 2 aliphatic rings. The highest BCUT2D eigenvalue weighted by atomic mass is 15.4. The fourth-order valence-electron chi connectivity index (χ4n) is 5.20. The molecule has 2 aromatic carbocycles. The maximum atomic E-state index is 9.64. The molecule has 0 saturated carbocycles. The quantitative estimate of drug-likeness (QED) is 0.429. The van der Waals surface area contributed by atoms with Crippen LogP contribution < -0.4 is 0 Å². The van der Waals surface area contributed by atoms with Gasteiger partial charge in [-0.25, -0.2) is 9.67 Å². The first-order valence-electron chi connectivity index (χ1n) is 11.5. The van der Waals surface area contributed by atoms with Crippen molar-refractivity contribution in [2.75, 3.05) is 13.1 Å². The molecule has 7 heteroatoms. The number of rotatable bonds is 3. The van der Waals surface area contributed by atoms with E-state index in [1.807, 2.05) is 9.25 Å². The number of benzene rings is 2. The van der Waals surface area contributed by atoms with Crippen LogP contribution >= 0.6 is 0 Å². The van der Waals surface area contributed by atoms with Crippen molar-refractivity contribution in [3.05, 3.63) is 88.8 Å². The van der Waals surface area contributed by atoms with Gasteiger partial charge in [0.15, 0.2) is 5.69 Å². The van der Waals surface area contributed by atoms with Crippen LogP contribution in [0.15, 0.2) is 54.9 Å². The summed E-state index contributed by atoms with van der Waals surface area (Å²) in [6, 6.07) is 19.4. The minimum Gasteiger partial charge on any atom is -0.299 e. The van der Waals surface area contributed by atoms with Gasteiger partial charge in [0.05, 0.1) is 22.8 Å². The molecule has 1 fully saturated rings. The zero-order valence-corrected chi connectivity index (χ0v) is 18.6. The number of hydrogen-bond acceptors (Lipinski definition) is 5. The smallest absolute Gasteiger partial charge is 0.162 e. The normalized spacial score (nSPS) is 15.9. The molecule has 7 nitrogen and oxygen atoms in total. The molecule has 0 N–H and O–H groups in total. The van der Waals surface area contributed by atoms with Crippen LogP contribution in [-0.2, 0) is 13.0 Å². The van der Waals surface area contributed by atoms with E-state index in [0.717, 1.165) is 66.5 Å². The largest absolute Gasteiger partial charge is 0.299 e. The molecule has 0 amide bonds. The molecule has 6 rings (SSSR count). The first-order chi connectivity index (χ1) is 16.2. The minimum atomic E-state index is 0.464. The monoisotopic (exact) mass is 435 g/mol. The first kappa shape index (κ1) is 19.9. The van der Waals surface area contributed by atoms with Crippen molar-refractivity contribution in [1.82, 2.24) is 29.4 Å². The molecule has 1 saturated heterocycles. The van der Waals surface area contributed by atoms with E-state index >= 15 is 0 Å². The number of piperidine rings is 1. The van der Waals surface area contributed by atoms with Crippen molar-refractivity contribution in [3.8, 4) is 17.4 Å². The van der Waals surface area contributed by atoms with Crippen LogP contribution in [0, 0.1) is 18.3 Å². The summed E-state index contributed by atoms with van der Waals surface area (Å²) in [5, 5.41) is 18.8. The Morgan fingerprint density at radius 1 is 1.03 bits per heavy atom. The highest BCUT2D eigenvalue weighted by Crippen LogP contribution is 2.32. The Balaban J connectivity index is 1.31. The van der Waals surface area contributed by atoms with Gasteiger partial charge >= 0.3 is 0 Å². The Kier molecular flexibility index (Phi) is 4.81. The van der Waals surface area contributed by atoms with Crippen molar-refractivity contribution in [2.24, 2.45) is 0 Å². The lowest BCUT2D eigenvalue weighted by atomic mass is 9.89. The SMILES string of the molecule is Cc1ccc2c(c1)-n1nnc(CN3CCC(c4ccccc4)CC3)c1Cc1c(C#N)ncn1-2. The Morgan fingerprint density at radius 3 is 2.64 bits per heavy atom. The van der Waals surface area contributed by atoms with Gasteiger partial charge in [-0.3, -0.25) is 9.47 Å². The number of hydrogen-bond donors (Lipinski definition) is 0. The molecule has 0 aliphatic carbocycles. The maximum Gasteiger partial charge on any atom is 0.162 e. The van der Waals surface area contributed by atoms with Crippen LogP contribution in [-0.4, -0.2) is 42.5 Å². The van der Waals surface area contributed by atoms with Gasteiger partial charge in [-0.05, 0) is 62.0 Å². The van der Waals surface area contributed by atoms with Crippen LogP contribution in [0.4, 0.5) is 0 Å². The number of aryl methyl sites for hydroxylation is 1. The van der Waals surface area contributed by atoms with Crippen LogP contribution in [0.25, 0.3) is 11.4 Å². The molecule has 0 radical (unpaired) electrons. The molecule has 4 aromatic rings. The molecule has 2 aliphatic heterocycles. The highest BCUT2D eigenvalue weighted by Gasteiger charge is 2.28. The van der Waals surface area contributed by atoms with Gasteiger partial charge in [-0.15, -0.1) is 5.10 Å². The predicted octanol–water partition coefficient (Wildman–Crippen LogP) is 3.92. The van der Waals surface area contributed by atoms with Crippen LogP contribution in [0.1, 0.15) is 52.7 Å². The summed E-state index contributed by atoms with van der Waals surface area (Å²) in [5.41, 5.74) is 7.94. The zero-order valence-electron chi connectivity index (χ0n) is 18.6. The van der Waals surface area contributed by atoms with E-state index in [1.54, 1.807) is 6.33 Å². The average Bonchev–Trinajstić information content (AvgIpc) is 3.41. The predicted molar refractivity (Wildman–Crippen MR) is 124 cm³/mol. The lowest BCUT2D eigenvalue weighted by molar-refractivity contribution is 0.202. The minimum absolute atomic E-state index is 0.464. The average molecular weight is 436 g/mol. The topological polar surface area (TPSA) is 75.6 Å². The van der Waals surface area contributed by atoms with Gasteiger partial charge in [-0.2, -0.15) is 5.26 Å². The maximum absolute atomic E-state index is 9.64. The molecule has 2 aromatic heterocycles. The van der Waals surface area contributed by atoms with Crippen molar-refractivity contribution in [2.45, 2.75) is 38.6 Å². The number of aromatic nitrogens is 5. The van der Waals surface area contributed by atoms with Crippen molar-refractivity contribution in [3.63, 3.8) is 0 Å². The molecular formula is C26H25N7. The number of likely N-dealkylation sites (tertiary alicyclic amines) is 1. The standard InChI is InChI=1S/C26H25N7/c1-18-7-8-23-26(13-18)33-25(14-24-21(15-27)28-17-32(23)24)22(29-30-33)16-31-11-9-20(10-12-31)19-5-3-2-4-6-19/h2-8,13,17,20H,9-12,14,16H2,1H3. The molecular weight excluding hydrogens is 410 g/mol. The van der Waals surface area contributed by atoms with E-state index in [1.165, 1.54) is 5.56 Å². The second-order valence-electron chi connectivity index (χ2n) is 9.05. The van der Waals surface area contributed by atoms with Gasteiger partial charge in [0.25, 0.3) is 0 Å². The molecule has 0 unspecified atom stereocenters. The second-order valence-corrected chi connectivity index (χ2v) is 9.05. The van der Waals surface area contributed by atoms with E-state index in [0.29, 0.717) is 18.0 Å². The summed E-state index contributed by atoms with van der Waals surface area (Å²) >= 11 is 0. The number of nitriles is 1. The number of imidazole rings is 1. The van der Waals surface area contributed by atoms with Gasteiger partial charge in [0.1, 0.15) is 18.1 Å². The summed E-state index contributed by atoms with van der Waals surface area (Å²) < 4.78 is 3.99. The Labute approximate surface area is 192 Å². The van der Waals surface area contributed by atoms with E-state index in [9.17, 15) is 5.26 Å². The molecule has 164 valence electrons. The summed E-state index contributed by atoms with van der Waals surface area (Å²) in [4.78, 5) is 6.84. The summed E-state index contributed by atoms with van der Waals surface area (Å²) in [6.07, 6.45) is 4.64. The number of nitrogens with zero attached hydrogens (tertiary/aromatic N) is 7. The summed E-state index contributed by atoms with van der Waals surface area (Å²) in [7, 11) is 0. The van der Waals surface area contributed by atoms with E-state index < -0.39 is 0 Å². The van der Waals surface area contributed by atoms with Crippen molar-refractivity contribution < 1.29 is 0 Å². The lowest BCUT2D eigenvalue weighted by Crippen LogP contribution is -2.33. The summed E-state index contributed by atoms with van der Waals surface area (Å²) in [6.45, 7) is 4.94. The van der Waals surface area contributed by atoms with E-state index in [-0.39, 0.29) is 0 Å². The van der Waals surface area contributed by atoms with E-state index in [2.05, 4.69) is 81.7 Å². The molecule has 33 heavy (non-hydrogen) atoms. The molecule has 0 bridgehead atoms. The van der Waals surface area contributed by atoms with Crippen LogP contribution in [0.3, 0.4) is 0 Å². The van der Waals surface area contributed by atoms with E-state index in [4.69, 9.17) is 0 Å². The van der Waals surface area contributed by atoms with Gasteiger partial charge in [0.2, 0.25) is 0 Å². The zero-order chi connectivity index (χ0) is 22.4. The third kappa shape index (κ3) is 3.43. The first-order valence-corrected chi connectivity index (χ1v) is 11.5. The number of fused-ring (bicyclic) bond motifs is 5. The molecule has 4 heterocycles. The van der Waals surface area contributed by atoms with Gasteiger partial charge < -0.3 is 0 Å².